The molecule has 2 aromatic heterocycles. The molecule has 2 heterocycles. The van der Waals surface area contributed by atoms with E-state index in [9.17, 15) is 4.39 Å². The van der Waals surface area contributed by atoms with Crippen molar-refractivity contribution in [3.05, 3.63) is 58.9 Å². The van der Waals surface area contributed by atoms with Gasteiger partial charge in [-0.2, -0.15) is 5.10 Å². The van der Waals surface area contributed by atoms with Crippen LogP contribution in [0.1, 0.15) is 10.4 Å². The lowest BCUT2D eigenvalue weighted by Crippen LogP contribution is -2.30. The molecule has 0 amide bonds. The van der Waals surface area contributed by atoms with E-state index in [-0.39, 0.29) is 11.9 Å². The summed E-state index contributed by atoms with van der Waals surface area (Å²) in [6, 6.07) is 10.9. The van der Waals surface area contributed by atoms with Crippen molar-refractivity contribution in [2.45, 2.75) is 19.4 Å². The van der Waals surface area contributed by atoms with Crippen LogP contribution in [0, 0.1) is 12.7 Å². The van der Waals surface area contributed by atoms with Crippen LogP contribution in [0.25, 0.3) is 11.3 Å². The molecule has 0 aliphatic carbocycles. The summed E-state index contributed by atoms with van der Waals surface area (Å²) in [5.74, 6) is -0.214. The maximum absolute atomic E-state index is 13.3. The van der Waals surface area contributed by atoms with Gasteiger partial charge in [0.1, 0.15) is 5.82 Å². The van der Waals surface area contributed by atoms with Crippen molar-refractivity contribution in [2.24, 2.45) is 12.8 Å². The zero-order valence-corrected chi connectivity index (χ0v) is 14.6. The Hall–Kier alpha value is -2.18. The fourth-order valence-electron chi connectivity index (χ4n) is 2.79. The van der Waals surface area contributed by atoms with Crippen LogP contribution in [0.15, 0.2) is 42.6 Å². The SMILES string of the molecule is Cc1sc(N[C@H](CN)Cc2cccc(F)c2)cc1-c1ccnn1C. The lowest BCUT2D eigenvalue weighted by Gasteiger charge is -2.17. The summed E-state index contributed by atoms with van der Waals surface area (Å²) in [6.07, 6.45) is 2.48. The molecule has 0 fully saturated rings. The van der Waals surface area contributed by atoms with Gasteiger partial charge in [0.2, 0.25) is 0 Å². The minimum Gasteiger partial charge on any atom is -0.373 e. The van der Waals surface area contributed by atoms with Gasteiger partial charge in [0, 0.05) is 36.3 Å². The molecule has 0 unspecified atom stereocenters. The molecule has 0 saturated carbocycles. The smallest absolute Gasteiger partial charge is 0.123 e. The first-order valence-electron chi connectivity index (χ1n) is 7.86. The summed E-state index contributed by atoms with van der Waals surface area (Å²) in [7, 11) is 1.94. The molecule has 3 rings (SSSR count). The Morgan fingerprint density at radius 2 is 2.17 bits per heavy atom. The molecule has 3 N–H and O–H groups in total. The van der Waals surface area contributed by atoms with Crippen molar-refractivity contribution in [2.75, 3.05) is 11.9 Å². The first kappa shape index (κ1) is 16.7. The fourth-order valence-corrected chi connectivity index (χ4v) is 3.79. The van der Waals surface area contributed by atoms with Gasteiger partial charge in [0.05, 0.1) is 10.7 Å². The average molecular weight is 344 g/mol. The van der Waals surface area contributed by atoms with Crippen molar-refractivity contribution in [3.63, 3.8) is 0 Å². The Labute approximate surface area is 145 Å². The van der Waals surface area contributed by atoms with E-state index in [1.807, 2.05) is 23.9 Å². The molecular formula is C18H21FN4S. The third-order valence-corrected chi connectivity index (χ3v) is 5.00. The predicted octanol–water partition coefficient (Wildman–Crippen LogP) is 3.58. The van der Waals surface area contributed by atoms with Gasteiger partial charge in [-0.3, -0.25) is 4.68 Å². The molecule has 0 aliphatic heterocycles. The highest BCUT2D eigenvalue weighted by Crippen LogP contribution is 2.34. The van der Waals surface area contributed by atoms with E-state index in [4.69, 9.17) is 5.73 Å². The quantitative estimate of drug-likeness (QED) is 0.719. The van der Waals surface area contributed by atoms with E-state index in [1.54, 1.807) is 29.7 Å². The van der Waals surface area contributed by atoms with Gasteiger partial charge in [-0.05, 0) is 43.2 Å². The Kier molecular flexibility index (Phi) is 4.97. The Bertz CT molecular complexity index is 824. The molecule has 0 radical (unpaired) electrons. The standard InChI is InChI=1S/C18H21FN4S/c1-12-16(17-6-7-21-23(17)2)10-18(24-12)22-15(11-20)9-13-4-3-5-14(19)8-13/h3-8,10,15,22H,9,11,20H2,1-2H3/t15-/m0/s1. The summed E-state index contributed by atoms with van der Waals surface area (Å²) >= 11 is 1.70. The number of hydrogen-bond donors (Lipinski definition) is 2. The molecule has 0 aliphatic rings. The largest absolute Gasteiger partial charge is 0.373 e. The van der Waals surface area contributed by atoms with E-state index in [0.717, 1.165) is 16.3 Å². The molecular weight excluding hydrogens is 323 g/mol. The van der Waals surface area contributed by atoms with Crippen LogP contribution in [0.3, 0.4) is 0 Å². The molecule has 6 heteroatoms. The molecule has 24 heavy (non-hydrogen) atoms. The fraction of sp³-hybridized carbons (Fsp3) is 0.278. The molecule has 4 nitrogen and oxygen atoms in total. The number of nitrogens with one attached hydrogen (secondary N) is 1. The number of anilines is 1. The second-order valence-corrected chi connectivity index (χ2v) is 7.09. The highest BCUT2D eigenvalue weighted by Gasteiger charge is 2.14. The predicted molar refractivity (Wildman–Crippen MR) is 97.8 cm³/mol. The number of benzene rings is 1. The van der Waals surface area contributed by atoms with Gasteiger partial charge >= 0.3 is 0 Å². The van der Waals surface area contributed by atoms with E-state index in [1.165, 1.54) is 16.5 Å². The summed E-state index contributed by atoms with van der Waals surface area (Å²) in [6.45, 7) is 2.58. The van der Waals surface area contributed by atoms with Crippen molar-refractivity contribution >= 4 is 16.3 Å². The summed E-state index contributed by atoms with van der Waals surface area (Å²) in [5.41, 5.74) is 9.11. The third kappa shape index (κ3) is 3.66. The first-order chi connectivity index (χ1) is 11.6. The summed E-state index contributed by atoms with van der Waals surface area (Å²) in [4.78, 5) is 1.22. The van der Waals surface area contributed by atoms with E-state index in [0.29, 0.717) is 13.0 Å². The Morgan fingerprint density at radius 1 is 1.33 bits per heavy atom. The molecule has 3 aromatic rings. The molecule has 1 atom stereocenters. The van der Waals surface area contributed by atoms with Gasteiger partial charge < -0.3 is 11.1 Å². The van der Waals surface area contributed by atoms with Crippen LogP contribution in [0.2, 0.25) is 0 Å². The molecule has 0 saturated heterocycles. The van der Waals surface area contributed by atoms with Crippen molar-refractivity contribution in [3.8, 4) is 11.3 Å². The second-order valence-electron chi connectivity index (χ2n) is 5.83. The van der Waals surface area contributed by atoms with Crippen LogP contribution in [-0.2, 0) is 13.5 Å². The summed E-state index contributed by atoms with van der Waals surface area (Å²) < 4.78 is 15.2. The van der Waals surface area contributed by atoms with Crippen LogP contribution in [0.4, 0.5) is 9.39 Å². The van der Waals surface area contributed by atoms with Crippen LogP contribution < -0.4 is 11.1 Å². The van der Waals surface area contributed by atoms with Crippen LogP contribution >= 0.6 is 11.3 Å². The average Bonchev–Trinajstić information content (AvgIpc) is 3.12. The van der Waals surface area contributed by atoms with Gasteiger partial charge in [-0.15, -0.1) is 11.3 Å². The highest BCUT2D eigenvalue weighted by atomic mass is 32.1. The topological polar surface area (TPSA) is 55.9 Å². The summed E-state index contributed by atoms with van der Waals surface area (Å²) in [5, 5.41) is 8.78. The maximum atomic E-state index is 13.3. The number of thiophene rings is 1. The minimum atomic E-state index is -0.214. The van der Waals surface area contributed by atoms with Crippen molar-refractivity contribution in [1.82, 2.24) is 9.78 Å². The number of hydrogen-bond acceptors (Lipinski definition) is 4. The van der Waals surface area contributed by atoms with E-state index < -0.39 is 0 Å². The van der Waals surface area contributed by atoms with E-state index in [2.05, 4.69) is 23.4 Å². The highest BCUT2D eigenvalue weighted by molar-refractivity contribution is 7.16. The van der Waals surface area contributed by atoms with Gasteiger partial charge in [0.25, 0.3) is 0 Å². The third-order valence-electron chi connectivity index (χ3n) is 4.02. The number of nitrogens with two attached hydrogens (primary N) is 1. The normalized spacial score (nSPS) is 12.3. The number of aryl methyl sites for hydroxylation is 2. The Balaban J connectivity index is 1.76. The number of halogens is 1. The monoisotopic (exact) mass is 344 g/mol. The molecule has 1 aromatic carbocycles. The first-order valence-corrected chi connectivity index (χ1v) is 8.68. The zero-order chi connectivity index (χ0) is 17.1. The minimum absolute atomic E-state index is 0.0595. The lowest BCUT2D eigenvalue weighted by molar-refractivity contribution is 0.622. The maximum Gasteiger partial charge on any atom is 0.123 e. The number of rotatable bonds is 6. The zero-order valence-electron chi connectivity index (χ0n) is 13.8. The molecule has 0 spiro atoms. The number of nitrogens with zero attached hydrogens (tertiary/aromatic N) is 2. The van der Waals surface area contributed by atoms with Gasteiger partial charge in [-0.25, -0.2) is 4.39 Å². The molecule has 126 valence electrons. The second kappa shape index (κ2) is 7.15. The van der Waals surface area contributed by atoms with E-state index >= 15 is 0 Å². The van der Waals surface area contributed by atoms with Crippen molar-refractivity contribution in [1.29, 1.82) is 0 Å². The Morgan fingerprint density at radius 3 is 2.83 bits per heavy atom. The van der Waals surface area contributed by atoms with Gasteiger partial charge in [-0.1, -0.05) is 12.1 Å². The van der Waals surface area contributed by atoms with Crippen molar-refractivity contribution < 1.29 is 4.39 Å². The molecule has 0 bridgehead atoms. The van der Waals surface area contributed by atoms with Crippen LogP contribution in [-0.4, -0.2) is 22.4 Å². The van der Waals surface area contributed by atoms with Gasteiger partial charge in [0.15, 0.2) is 0 Å². The number of aromatic nitrogens is 2. The van der Waals surface area contributed by atoms with Crippen LogP contribution in [0.5, 0.6) is 0 Å². The lowest BCUT2D eigenvalue weighted by atomic mass is 10.1.